The van der Waals surface area contributed by atoms with Gasteiger partial charge in [-0.05, 0) is 6.92 Å². The van der Waals surface area contributed by atoms with Gasteiger partial charge in [0.25, 0.3) is 0 Å². The third kappa shape index (κ3) is 2740. The van der Waals surface area contributed by atoms with Crippen LogP contribution in [0, 0.1) is 0 Å². The van der Waals surface area contributed by atoms with Gasteiger partial charge < -0.3 is 5.11 Å². The van der Waals surface area contributed by atoms with E-state index < -0.39 is 18.5 Å². The summed E-state index contributed by atoms with van der Waals surface area (Å²) in [5, 5.41) is 7.57. The molecule has 0 saturated heterocycles. The Kier molecular flexibility index (Phi) is 4.70. The molecule has 1 nitrogen and oxygen atoms in total. The van der Waals surface area contributed by atoms with Crippen LogP contribution in [0.15, 0.2) is 0 Å². The molecule has 0 spiro atoms. The van der Waals surface area contributed by atoms with Gasteiger partial charge in [0.15, 0.2) is 0 Å². The van der Waals surface area contributed by atoms with Crippen molar-refractivity contribution in [3.05, 3.63) is 0 Å². The maximum atomic E-state index is 9.92. The zero-order valence-electron chi connectivity index (χ0n) is 4.49. The average Bonchev–Trinajstić information content (AvgIpc) is 1.23. The van der Waals surface area contributed by atoms with E-state index in [0.29, 0.717) is 0 Å². The van der Waals surface area contributed by atoms with Crippen LogP contribution in [-0.2, 0) is 18.5 Å². The molecule has 0 atom stereocenters. The monoisotopic (exact) mass is 322 g/mol. The number of hydrogen-bond acceptors (Lipinski definition) is 1. The van der Waals surface area contributed by atoms with E-state index in [1.807, 2.05) is 0 Å². The van der Waals surface area contributed by atoms with Crippen molar-refractivity contribution in [2.75, 3.05) is 6.61 Å². The van der Waals surface area contributed by atoms with Crippen LogP contribution in [0.3, 0.4) is 0 Å². The zero-order valence-corrected chi connectivity index (χ0v) is 7.70. The Hall–Kier alpha value is 0.350. The van der Waals surface area contributed by atoms with Crippen molar-refractivity contribution < 1.29 is 38.8 Å². The number of aliphatic hydroxyl groups is 1. The summed E-state index contributed by atoms with van der Waals surface area (Å²) in [6.45, 7) is 1.93. The molecule has 0 heterocycles. The summed E-state index contributed by atoms with van der Waals surface area (Å²) >= 11 is -9.30. The minimum absolute atomic E-state index is 0.250. The molecule has 0 aliphatic carbocycles. The molecule has 7 heteroatoms. The van der Waals surface area contributed by atoms with Gasteiger partial charge in [0.05, 0.1) is 0 Å². The summed E-state index contributed by atoms with van der Waals surface area (Å²) in [6, 6.07) is 0. The Morgan fingerprint density at radius 1 is 1.11 bits per heavy atom. The Labute approximate surface area is 52.9 Å². The fourth-order valence-corrected chi connectivity index (χ4v) is 0. The minimum atomic E-state index is -9.30. The van der Waals surface area contributed by atoms with Crippen molar-refractivity contribution in [3.63, 3.8) is 0 Å². The van der Waals surface area contributed by atoms with Crippen LogP contribution in [0.4, 0.5) is 15.1 Å². The molecule has 9 heavy (non-hydrogen) atoms. The van der Waals surface area contributed by atoms with Crippen molar-refractivity contribution in [1.82, 2.24) is 0 Å². The van der Waals surface area contributed by atoms with E-state index in [9.17, 15) is 15.1 Å². The van der Waals surface area contributed by atoms with Crippen molar-refractivity contribution in [2.45, 2.75) is 6.92 Å². The van der Waals surface area contributed by atoms with E-state index in [1.54, 1.807) is 6.92 Å². The molecule has 0 fully saturated rings. The Morgan fingerprint density at radius 2 is 1.11 bits per heavy atom. The van der Waals surface area contributed by atoms with Gasteiger partial charge in [0, 0.05) is 6.61 Å². The summed E-state index contributed by atoms with van der Waals surface area (Å²) < 4.78 is 49.6. The standard InChI is InChI=1S/C2H6O.5FH.Ta/c1-2-3;;;;;;/h3H,2H2,1H3;5*1H;/q;;;;;;+5/p-5. The number of hydrogen-bond donors (Lipinski definition) is 1. The second-order valence-electron chi connectivity index (χ2n) is 0.955. The second-order valence-corrected chi connectivity index (χ2v) is 5.55. The molecule has 0 aromatic carbocycles. The summed E-state index contributed by atoms with van der Waals surface area (Å²) in [5.41, 5.74) is 0. The van der Waals surface area contributed by atoms with E-state index in [2.05, 4.69) is 0 Å². The van der Waals surface area contributed by atoms with Gasteiger partial charge >= 0.3 is 33.7 Å². The third-order valence-corrected chi connectivity index (χ3v) is 0. The van der Waals surface area contributed by atoms with E-state index in [-0.39, 0.29) is 6.61 Å². The van der Waals surface area contributed by atoms with Crippen LogP contribution in [0.25, 0.3) is 0 Å². The van der Waals surface area contributed by atoms with Crippen LogP contribution in [-0.4, -0.2) is 11.7 Å². The Morgan fingerprint density at radius 3 is 1.11 bits per heavy atom. The van der Waals surface area contributed by atoms with Crippen LogP contribution < -0.4 is 0 Å². The first-order valence-electron chi connectivity index (χ1n) is 1.87. The summed E-state index contributed by atoms with van der Waals surface area (Å²) in [5.74, 6) is 0. The molecule has 0 unspecified atom stereocenters. The molecule has 0 bridgehead atoms. The van der Waals surface area contributed by atoms with Gasteiger partial charge in [-0.3, -0.25) is 0 Å². The molecule has 0 aromatic rings. The number of aliphatic hydroxyl groups excluding tert-OH is 1. The summed E-state index contributed by atoms with van der Waals surface area (Å²) in [7, 11) is 0. The summed E-state index contributed by atoms with van der Waals surface area (Å²) in [6.07, 6.45) is 0. The maximum absolute atomic E-state index is 9.92. The fraction of sp³-hybridized carbons (Fsp3) is 1.00. The molecule has 0 rings (SSSR count). The average molecular weight is 322 g/mol. The normalized spacial score (nSPS) is 14.8. The molecular formula is C2H6F5OTa. The predicted molar refractivity (Wildman–Crippen MR) is 18.3 cm³/mol. The quantitative estimate of drug-likeness (QED) is 0.677. The van der Waals surface area contributed by atoms with Gasteiger partial charge in [-0.2, -0.15) is 0 Å². The van der Waals surface area contributed by atoms with Crippen molar-refractivity contribution in [3.8, 4) is 0 Å². The molecule has 0 amide bonds. The molecular weight excluding hydrogens is 316 g/mol. The number of rotatable bonds is 0. The third-order valence-electron chi connectivity index (χ3n) is 0. The zero-order chi connectivity index (χ0) is 8.15. The molecule has 0 aliphatic rings. The van der Waals surface area contributed by atoms with Gasteiger partial charge in [-0.1, -0.05) is 0 Å². The SMILES string of the molecule is CCO.[F][Ta]([F])([F])([F])[F]. The fourth-order valence-electron chi connectivity index (χ4n) is 0. The van der Waals surface area contributed by atoms with Gasteiger partial charge in [0.1, 0.15) is 0 Å². The van der Waals surface area contributed by atoms with Crippen molar-refractivity contribution in [2.24, 2.45) is 0 Å². The first kappa shape index (κ1) is 12.1. The topological polar surface area (TPSA) is 20.2 Å². The van der Waals surface area contributed by atoms with Crippen LogP contribution >= 0.6 is 0 Å². The molecule has 1 N–H and O–H groups in total. The molecule has 0 saturated carbocycles. The van der Waals surface area contributed by atoms with Crippen LogP contribution in [0.5, 0.6) is 0 Å². The molecule has 0 aliphatic heterocycles. The second kappa shape index (κ2) is 3.50. The van der Waals surface area contributed by atoms with E-state index in [4.69, 9.17) is 5.11 Å². The van der Waals surface area contributed by atoms with Gasteiger partial charge in [0.2, 0.25) is 0 Å². The van der Waals surface area contributed by atoms with E-state index in [1.165, 1.54) is 0 Å². The first-order chi connectivity index (χ1) is 3.65. The first-order valence-corrected chi connectivity index (χ1v) is 7.94. The molecule has 0 aromatic heterocycles. The Balaban J connectivity index is 0. The van der Waals surface area contributed by atoms with Crippen molar-refractivity contribution >= 4 is 0 Å². The predicted octanol–water partition coefficient (Wildman–Crippen LogP) is 2.10. The summed E-state index contributed by atoms with van der Waals surface area (Å²) in [4.78, 5) is 0. The Bertz CT molecular complexity index is 57.8. The van der Waals surface area contributed by atoms with E-state index >= 15 is 0 Å². The van der Waals surface area contributed by atoms with Gasteiger partial charge in [-0.25, -0.2) is 0 Å². The molecule has 0 radical (unpaired) electrons. The van der Waals surface area contributed by atoms with Crippen LogP contribution in [0.1, 0.15) is 6.92 Å². The van der Waals surface area contributed by atoms with E-state index in [0.717, 1.165) is 0 Å². The van der Waals surface area contributed by atoms with Crippen LogP contribution in [0.2, 0.25) is 0 Å². The van der Waals surface area contributed by atoms with Crippen molar-refractivity contribution in [1.29, 1.82) is 0 Å². The van der Waals surface area contributed by atoms with Gasteiger partial charge in [-0.15, -0.1) is 0 Å². The molecule has 60 valence electrons. The number of halogens is 5.